The van der Waals surface area contributed by atoms with Crippen molar-refractivity contribution >= 4 is 42.1 Å². The van der Waals surface area contributed by atoms with Crippen molar-refractivity contribution in [3.05, 3.63) is 11.6 Å². The van der Waals surface area contributed by atoms with Crippen molar-refractivity contribution in [1.29, 1.82) is 0 Å². The number of carboxylic acid groups (broad SMARTS) is 1. The van der Waals surface area contributed by atoms with Crippen LogP contribution >= 0.6 is 19.2 Å². The number of aliphatic hydroxyl groups excluding tert-OH is 2. The fourth-order valence-electron chi connectivity index (χ4n) is 3.27. The largest absolute Gasteiger partial charge is 0.479 e. The van der Waals surface area contributed by atoms with Crippen molar-refractivity contribution in [3.8, 4) is 0 Å². The number of hydrogen-bond donors (Lipinski definition) is 5. The number of nitrogens with zero attached hydrogens (tertiary/aromatic N) is 4. The molecular formula is C17H25ClN5O9P. The molecule has 5 N–H and O–H groups in total. The molecule has 0 spiro atoms. The Labute approximate surface area is 193 Å². The van der Waals surface area contributed by atoms with E-state index < -0.39 is 50.1 Å². The van der Waals surface area contributed by atoms with Crippen molar-refractivity contribution in [3.63, 3.8) is 0 Å². The van der Waals surface area contributed by atoms with Crippen LogP contribution < -0.4 is 5.32 Å². The number of rotatable bonds is 10. The first kappa shape index (κ1) is 25.7. The minimum absolute atomic E-state index is 0.0834. The Bertz CT molecular complexity index is 1070. The number of imidazole rings is 1. The normalized spacial score (nSPS) is 26.8. The summed E-state index contributed by atoms with van der Waals surface area (Å²) in [6.45, 7) is 3.82. The van der Waals surface area contributed by atoms with Gasteiger partial charge in [0.15, 0.2) is 23.2 Å². The lowest BCUT2D eigenvalue weighted by atomic mass is 10.1. The second kappa shape index (κ2) is 9.76. The number of carbonyl (C=O) groups is 1. The van der Waals surface area contributed by atoms with Gasteiger partial charge in [-0.1, -0.05) is 0 Å². The van der Waals surface area contributed by atoms with Gasteiger partial charge in [0.05, 0.1) is 19.5 Å². The summed E-state index contributed by atoms with van der Waals surface area (Å²) in [4.78, 5) is 34.1. The van der Waals surface area contributed by atoms with Crippen molar-refractivity contribution in [1.82, 2.24) is 19.5 Å². The predicted molar refractivity (Wildman–Crippen MR) is 114 cm³/mol. The minimum atomic E-state index is -4.75. The average Bonchev–Trinajstić information content (AvgIpc) is 3.27. The fraction of sp³-hybridized carbons (Fsp3) is 0.647. The number of aliphatic carboxylic acids is 1. The molecule has 1 aliphatic rings. The maximum absolute atomic E-state index is 12.4. The Morgan fingerprint density at radius 3 is 2.67 bits per heavy atom. The lowest BCUT2D eigenvalue weighted by molar-refractivity contribution is -0.161. The van der Waals surface area contributed by atoms with Crippen LogP contribution in [-0.4, -0.2) is 89.1 Å². The first-order valence-electron chi connectivity index (χ1n) is 9.97. The van der Waals surface area contributed by atoms with E-state index in [9.17, 15) is 29.6 Å². The Balaban J connectivity index is 1.85. The Hall–Kier alpha value is -1.90. The lowest BCUT2D eigenvalue weighted by Gasteiger charge is -2.30. The van der Waals surface area contributed by atoms with Crippen LogP contribution in [0.3, 0.4) is 0 Å². The molecule has 3 rings (SSSR count). The van der Waals surface area contributed by atoms with Crippen LogP contribution in [0.1, 0.15) is 27.0 Å². The SMILES string of the molecule is CCNc1nc(Cl)nc2c1ncn2[C@@H]1O[C@H](COC(C)(C(=O)O)P(=O)(O)OCC)[C@H](O)[C@H]1O. The van der Waals surface area contributed by atoms with Gasteiger partial charge in [0, 0.05) is 6.54 Å². The van der Waals surface area contributed by atoms with Crippen LogP contribution in [0.5, 0.6) is 0 Å². The maximum Gasteiger partial charge on any atom is 0.370 e. The third kappa shape index (κ3) is 4.70. The molecule has 0 radical (unpaired) electrons. The van der Waals surface area contributed by atoms with E-state index in [0.29, 0.717) is 17.9 Å². The first-order valence-corrected chi connectivity index (χ1v) is 11.9. The molecule has 0 saturated carbocycles. The number of aliphatic hydroxyl groups is 2. The van der Waals surface area contributed by atoms with Crippen LogP contribution in [0.25, 0.3) is 11.2 Å². The topological polar surface area (TPSA) is 198 Å². The van der Waals surface area contributed by atoms with E-state index in [1.807, 2.05) is 6.92 Å². The average molecular weight is 510 g/mol. The van der Waals surface area contributed by atoms with E-state index >= 15 is 0 Å². The summed E-state index contributed by atoms with van der Waals surface area (Å²) < 4.78 is 29.3. The zero-order chi connectivity index (χ0) is 24.6. The summed E-state index contributed by atoms with van der Waals surface area (Å²) in [6.07, 6.45) is -4.15. The van der Waals surface area contributed by atoms with Crippen LogP contribution in [0.4, 0.5) is 5.82 Å². The molecule has 3 heterocycles. The Morgan fingerprint density at radius 1 is 1.36 bits per heavy atom. The van der Waals surface area contributed by atoms with Gasteiger partial charge in [-0.15, -0.1) is 0 Å². The number of ether oxygens (including phenoxy) is 2. The number of anilines is 1. The van der Waals surface area contributed by atoms with Gasteiger partial charge in [-0.05, 0) is 32.4 Å². The molecule has 16 heteroatoms. The highest BCUT2D eigenvalue weighted by Gasteiger charge is 2.55. The summed E-state index contributed by atoms with van der Waals surface area (Å²) in [5, 5.41) is 30.8. The molecule has 6 atom stereocenters. The molecule has 0 aromatic carbocycles. The van der Waals surface area contributed by atoms with E-state index in [2.05, 4.69) is 20.3 Å². The van der Waals surface area contributed by atoms with Gasteiger partial charge in [0.25, 0.3) is 5.34 Å². The summed E-state index contributed by atoms with van der Waals surface area (Å²) >= 11 is 5.99. The number of aromatic nitrogens is 4. The van der Waals surface area contributed by atoms with E-state index in [4.69, 9.17) is 25.6 Å². The third-order valence-corrected chi connectivity index (χ3v) is 7.29. The number of hydrogen-bond acceptors (Lipinski definition) is 11. The van der Waals surface area contributed by atoms with Gasteiger partial charge in [-0.2, -0.15) is 9.97 Å². The number of fused-ring (bicyclic) bond motifs is 1. The van der Waals surface area contributed by atoms with Crippen molar-refractivity contribution in [2.24, 2.45) is 0 Å². The quantitative estimate of drug-likeness (QED) is 0.220. The highest BCUT2D eigenvalue weighted by molar-refractivity contribution is 7.55. The number of halogens is 1. The van der Waals surface area contributed by atoms with Crippen molar-refractivity contribution in [2.45, 2.75) is 50.7 Å². The summed E-state index contributed by atoms with van der Waals surface area (Å²) in [5.41, 5.74) is 0.568. The van der Waals surface area contributed by atoms with E-state index in [1.54, 1.807) is 0 Å². The fourth-order valence-corrected chi connectivity index (χ4v) is 4.51. The molecule has 1 fully saturated rings. The molecule has 0 amide bonds. The zero-order valence-corrected chi connectivity index (χ0v) is 19.6. The van der Waals surface area contributed by atoms with Gasteiger partial charge in [-0.3, -0.25) is 9.13 Å². The molecule has 0 aliphatic carbocycles. The monoisotopic (exact) mass is 509 g/mol. The van der Waals surface area contributed by atoms with E-state index in [0.717, 1.165) is 6.92 Å². The van der Waals surface area contributed by atoms with Crippen molar-refractivity contribution < 1.29 is 43.6 Å². The molecule has 1 saturated heterocycles. The molecule has 14 nitrogen and oxygen atoms in total. The highest BCUT2D eigenvalue weighted by atomic mass is 35.5. The third-order valence-electron chi connectivity index (χ3n) is 5.12. The van der Waals surface area contributed by atoms with Crippen LogP contribution in [0.2, 0.25) is 5.28 Å². The van der Waals surface area contributed by atoms with Gasteiger partial charge < -0.3 is 39.5 Å². The van der Waals surface area contributed by atoms with E-state index in [-0.39, 0.29) is 17.5 Å². The molecule has 33 heavy (non-hydrogen) atoms. The zero-order valence-electron chi connectivity index (χ0n) is 18.0. The van der Waals surface area contributed by atoms with Crippen LogP contribution in [0.15, 0.2) is 6.33 Å². The summed E-state index contributed by atoms with van der Waals surface area (Å²) in [5.74, 6) is -1.37. The highest BCUT2D eigenvalue weighted by Crippen LogP contribution is 2.56. The second-order valence-electron chi connectivity index (χ2n) is 7.28. The lowest BCUT2D eigenvalue weighted by Crippen LogP contribution is -2.43. The number of nitrogens with one attached hydrogen (secondary N) is 1. The molecule has 0 bridgehead atoms. The first-order chi connectivity index (χ1) is 15.5. The smallest absolute Gasteiger partial charge is 0.370 e. The molecule has 2 unspecified atom stereocenters. The van der Waals surface area contributed by atoms with Gasteiger partial charge in [0.2, 0.25) is 5.28 Å². The van der Waals surface area contributed by atoms with Gasteiger partial charge in [-0.25, -0.2) is 9.78 Å². The molecular weight excluding hydrogens is 485 g/mol. The summed E-state index contributed by atoms with van der Waals surface area (Å²) in [6, 6.07) is 0. The Morgan fingerprint density at radius 2 is 2.06 bits per heavy atom. The van der Waals surface area contributed by atoms with E-state index in [1.165, 1.54) is 17.8 Å². The maximum atomic E-state index is 12.4. The van der Waals surface area contributed by atoms with Crippen LogP contribution in [-0.2, 0) is 23.4 Å². The number of carboxylic acids is 1. The second-order valence-corrected chi connectivity index (χ2v) is 9.77. The predicted octanol–water partition coefficient (Wildman–Crippen LogP) is 0.570. The molecule has 2 aromatic heterocycles. The Kier molecular flexibility index (Phi) is 7.61. The molecule has 2 aromatic rings. The summed E-state index contributed by atoms with van der Waals surface area (Å²) in [7, 11) is -4.75. The van der Waals surface area contributed by atoms with Crippen LogP contribution in [0, 0.1) is 0 Å². The minimum Gasteiger partial charge on any atom is -0.479 e. The standard InChI is InChI=1S/C17H25ClN5O9P/c1-4-19-12-9-13(22-16(18)21-12)23(7-20-9)14-11(25)10(24)8(32-14)6-30-17(3,15(26)27)33(28,29)31-5-2/h7-8,10-11,14,24-25H,4-6H2,1-3H3,(H,26,27)(H,28,29)(H,19,21,22)/t8-,10+,11-,14-,17?/m1/s1. The molecule has 1 aliphatic heterocycles. The van der Waals surface area contributed by atoms with Gasteiger partial charge >= 0.3 is 13.6 Å². The van der Waals surface area contributed by atoms with Crippen molar-refractivity contribution in [2.75, 3.05) is 25.1 Å². The molecule has 184 valence electrons. The van der Waals surface area contributed by atoms with Gasteiger partial charge in [0.1, 0.15) is 18.3 Å².